The fourth-order valence-corrected chi connectivity index (χ4v) is 2.94. The van der Waals surface area contributed by atoms with Crippen molar-refractivity contribution in [1.82, 2.24) is 14.9 Å². The van der Waals surface area contributed by atoms with Crippen LogP contribution in [0.1, 0.15) is 36.6 Å². The smallest absolute Gasteiger partial charge is 0.231 e. The molecule has 5 heteroatoms. The molecule has 1 aromatic heterocycles. The standard InChI is InChI=1S/C17H18FN3O/c1-11(2)16(12-3-5-14(18)6-4-12)17(22)21-8-13-7-19-10-20-15(13)9-21/h3-7,10-11,16H,8-9H2,1-2H3. The van der Waals surface area contributed by atoms with Gasteiger partial charge in [0.1, 0.15) is 12.1 Å². The fraction of sp³-hybridized carbons (Fsp3) is 0.353. The van der Waals surface area contributed by atoms with Gasteiger partial charge in [0.05, 0.1) is 18.2 Å². The number of aromatic nitrogens is 2. The first-order valence-corrected chi connectivity index (χ1v) is 7.38. The predicted molar refractivity (Wildman–Crippen MR) is 80.3 cm³/mol. The molecule has 3 rings (SSSR count). The molecule has 1 amide bonds. The molecule has 4 nitrogen and oxygen atoms in total. The van der Waals surface area contributed by atoms with Gasteiger partial charge in [0.2, 0.25) is 5.91 Å². The van der Waals surface area contributed by atoms with Gasteiger partial charge in [0, 0.05) is 18.3 Å². The molecule has 114 valence electrons. The maximum atomic E-state index is 13.1. The molecular weight excluding hydrogens is 281 g/mol. The Morgan fingerprint density at radius 2 is 1.95 bits per heavy atom. The van der Waals surface area contributed by atoms with E-state index < -0.39 is 0 Å². The Labute approximate surface area is 129 Å². The summed E-state index contributed by atoms with van der Waals surface area (Å²) in [5, 5.41) is 0. The van der Waals surface area contributed by atoms with Crippen molar-refractivity contribution in [3.05, 3.63) is 59.4 Å². The monoisotopic (exact) mass is 299 g/mol. The topological polar surface area (TPSA) is 46.1 Å². The van der Waals surface area contributed by atoms with Gasteiger partial charge in [-0.05, 0) is 23.6 Å². The Morgan fingerprint density at radius 3 is 2.59 bits per heavy atom. The van der Waals surface area contributed by atoms with E-state index in [2.05, 4.69) is 9.97 Å². The highest BCUT2D eigenvalue weighted by atomic mass is 19.1. The van der Waals surface area contributed by atoms with Gasteiger partial charge >= 0.3 is 0 Å². The van der Waals surface area contributed by atoms with Crippen molar-refractivity contribution in [3.63, 3.8) is 0 Å². The van der Waals surface area contributed by atoms with Crippen molar-refractivity contribution in [3.8, 4) is 0 Å². The third-order valence-electron chi connectivity index (χ3n) is 4.06. The zero-order valence-electron chi connectivity index (χ0n) is 12.7. The van der Waals surface area contributed by atoms with Crippen LogP contribution in [0.2, 0.25) is 0 Å². The Morgan fingerprint density at radius 1 is 1.23 bits per heavy atom. The SMILES string of the molecule is CC(C)C(C(=O)N1Cc2cncnc2C1)c1ccc(F)cc1. The molecule has 2 heterocycles. The van der Waals surface area contributed by atoms with Crippen LogP contribution >= 0.6 is 0 Å². The number of carbonyl (C=O) groups excluding carboxylic acids is 1. The van der Waals surface area contributed by atoms with Crippen molar-refractivity contribution >= 4 is 5.91 Å². The number of rotatable bonds is 3. The van der Waals surface area contributed by atoms with Crippen LogP contribution < -0.4 is 0 Å². The van der Waals surface area contributed by atoms with E-state index in [0.29, 0.717) is 13.1 Å². The molecule has 0 radical (unpaired) electrons. The summed E-state index contributed by atoms with van der Waals surface area (Å²) in [6, 6.07) is 6.20. The quantitative estimate of drug-likeness (QED) is 0.875. The van der Waals surface area contributed by atoms with Crippen LogP contribution in [-0.4, -0.2) is 20.8 Å². The average molecular weight is 299 g/mol. The van der Waals surface area contributed by atoms with E-state index in [1.54, 1.807) is 23.2 Å². The lowest BCUT2D eigenvalue weighted by atomic mass is 9.87. The number of amides is 1. The molecule has 1 atom stereocenters. The molecule has 0 aliphatic carbocycles. The summed E-state index contributed by atoms with van der Waals surface area (Å²) in [7, 11) is 0. The van der Waals surface area contributed by atoms with Crippen molar-refractivity contribution in [2.75, 3.05) is 0 Å². The van der Waals surface area contributed by atoms with Crippen molar-refractivity contribution in [2.45, 2.75) is 32.9 Å². The molecule has 1 unspecified atom stereocenters. The maximum Gasteiger partial charge on any atom is 0.231 e. The second-order valence-corrected chi connectivity index (χ2v) is 5.96. The zero-order chi connectivity index (χ0) is 15.7. The van der Waals surface area contributed by atoms with E-state index in [4.69, 9.17) is 0 Å². The Kier molecular flexibility index (Phi) is 3.88. The minimum absolute atomic E-state index is 0.0552. The minimum atomic E-state index is -0.289. The summed E-state index contributed by atoms with van der Waals surface area (Å²) in [5.74, 6) is -0.377. The van der Waals surface area contributed by atoms with Crippen LogP contribution in [-0.2, 0) is 17.9 Å². The van der Waals surface area contributed by atoms with Crippen LogP contribution in [0.25, 0.3) is 0 Å². The Bertz CT molecular complexity index is 660. The molecule has 22 heavy (non-hydrogen) atoms. The molecule has 1 aliphatic rings. The summed E-state index contributed by atoms with van der Waals surface area (Å²) >= 11 is 0. The van der Waals surface area contributed by atoms with Gasteiger partial charge in [0.15, 0.2) is 0 Å². The van der Waals surface area contributed by atoms with E-state index in [0.717, 1.165) is 16.8 Å². The van der Waals surface area contributed by atoms with Crippen molar-refractivity contribution < 1.29 is 9.18 Å². The number of benzene rings is 1. The lowest BCUT2D eigenvalue weighted by molar-refractivity contribution is -0.134. The highest BCUT2D eigenvalue weighted by Crippen LogP contribution is 2.30. The zero-order valence-corrected chi connectivity index (χ0v) is 12.7. The highest BCUT2D eigenvalue weighted by Gasteiger charge is 2.32. The molecule has 0 N–H and O–H groups in total. The fourth-order valence-electron chi connectivity index (χ4n) is 2.94. The number of carbonyl (C=O) groups is 1. The number of halogens is 1. The van der Waals surface area contributed by atoms with E-state index in [9.17, 15) is 9.18 Å². The molecule has 0 saturated heterocycles. The molecule has 0 spiro atoms. The molecule has 2 aromatic rings. The minimum Gasteiger partial charge on any atom is -0.332 e. The van der Waals surface area contributed by atoms with Gasteiger partial charge in [-0.25, -0.2) is 14.4 Å². The van der Waals surface area contributed by atoms with Crippen molar-refractivity contribution in [1.29, 1.82) is 0 Å². The lowest BCUT2D eigenvalue weighted by Gasteiger charge is -2.26. The number of nitrogens with zero attached hydrogens (tertiary/aromatic N) is 3. The van der Waals surface area contributed by atoms with Crippen LogP contribution in [0.15, 0.2) is 36.8 Å². The first kappa shape index (κ1) is 14.6. The molecule has 0 fully saturated rings. The van der Waals surface area contributed by atoms with Gasteiger partial charge < -0.3 is 4.90 Å². The average Bonchev–Trinajstić information content (AvgIpc) is 2.93. The second-order valence-electron chi connectivity index (χ2n) is 5.96. The predicted octanol–water partition coefficient (Wildman–Crippen LogP) is 2.90. The highest BCUT2D eigenvalue weighted by molar-refractivity contribution is 5.84. The summed E-state index contributed by atoms with van der Waals surface area (Å²) in [6.07, 6.45) is 3.27. The normalized spacial score (nSPS) is 15.0. The van der Waals surface area contributed by atoms with Gasteiger partial charge in [-0.2, -0.15) is 0 Å². The number of fused-ring (bicyclic) bond motifs is 1. The molecule has 1 aliphatic heterocycles. The second kappa shape index (κ2) is 5.83. The number of hydrogen-bond acceptors (Lipinski definition) is 3. The molecular formula is C17H18FN3O. The van der Waals surface area contributed by atoms with E-state index in [-0.39, 0.29) is 23.6 Å². The van der Waals surface area contributed by atoms with Gasteiger partial charge in [-0.1, -0.05) is 26.0 Å². The van der Waals surface area contributed by atoms with E-state index in [1.165, 1.54) is 18.5 Å². The van der Waals surface area contributed by atoms with Gasteiger partial charge in [-0.15, -0.1) is 0 Å². The summed E-state index contributed by atoms with van der Waals surface area (Å²) in [4.78, 5) is 23.0. The first-order chi connectivity index (χ1) is 10.6. The molecule has 0 saturated carbocycles. The largest absolute Gasteiger partial charge is 0.332 e. The van der Waals surface area contributed by atoms with Crippen LogP contribution in [0.5, 0.6) is 0 Å². The van der Waals surface area contributed by atoms with Crippen molar-refractivity contribution in [2.24, 2.45) is 5.92 Å². The van der Waals surface area contributed by atoms with Gasteiger partial charge in [0.25, 0.3) is 0 Å². The maximum absolute atomic E-state index is 13.1. The lowest BCUT2D eigenvalue weighted by Crippen LogP contribution is -2.33. The summed E-state index contributed by atoms with van der Waals surface area (Å²) in [6.45, 7) is 5.07. The van der Waals surface area contributed by atoms with Crippen LogP contribution in [0, 0.1) is 11.7 Å². The number of hydrogen-bond donors (Lipinski definition) is 0. The third-order valence-corrected chi connectivity index (χ3v) is 4.06. The molecule has 1 aromatic carbocycles. The molecule has 0 bridgehead atoms. The van der Waals surface area contributed by atoms with Crippen LogP contribution in [0.4, 0.5) is 4.39 Å². The summed E-state index contributed by atoms with van der Waals surface area (Å²) < 4.78 is 13.1. The summed E-state index contributed by atoms with van der Waals surface area (Å²) in [5.41, 5.74) is 2.76. The Hall–Kier alpha value is -2.30. The van der Waals surface area contributed by atoms with E-state index >= 15 is 0 Å². The van der Waals surface area contributed by atoms with E-state index in [1.807, 2.05) is 13.8 Å². The third kappa shape index (κ3) is 2.71. The first-order valence-electron chi connectivity index (χ1n) is 7.38. The van der Waals surface area contributed by atoms with Gasteiger partial charge in [-0.3, -0.25) is 4.79 Å². The Balaban J connectivity index is 1.84. The van der Waals surface area contributed by atoms with Crippen LogP contribution in [0.3, 0.4) is 0 Å².